The number of carbonyl (C=O) groups excluding carboxylic acids is 1. The Bertz CT molecular complexity index is 656. The second-order valence-corrected chi connectivity index (χ2v) is 6.73. The smallest absolute Gasteiger partial charge is 0.355 e. The normalized spacial score (nSPS) is 11.5. The van der Waals surface area contributed by atoms with Gasteiger partial charge in [0.2, 0.25) is 5.91 Å². The van der Waals surface area contributed by atoms with E-state index in [0.717, 1.165) is 34.4 Å². The van der Waals surface area contributed by atoms with Crippen LogP contribution in [0.1, 0.15) is 12.0 Å². The van der Waals surface area contributed by atoms with Crippen molar-refractivity contribution in [3.63, 3.8) is 0 Å². The lowest BCUT2D eigenvalue weighted by molar-refractivity contribution is -0.135. The van der Waals surface area contributed by atoms with Crippen LogP contribution in [0.5, 0.6) is 0 Å². The van der Waals surface area contributed by atoms with Crippen LogP contribution in [-0.4, -0.2) is 33.7 Å². The van der Waals surface area contributed by atoms with Crippen LogP contribution in [0.4, 0.5) is 13.2 Å². The molecule has 0 aliphatic heterocycles. The summed E-state index contributed by atoms with van der Waals surface area (Å²) < 4.78 is 40.7. The fraction of sp³-hybridized carbons (Fsp3) is 0.357. The van der Waals surface area contributed by atoms with E-state index in [1.807, 2.05) is 31.2 Å². The molecule has 1 heterocycles. The van der Waals surface area contributed by atoms with Crippen molar-refractivity contribution in [3.8, 4) is 11.4 Å². The van der Waals surface area contributed by atoms with Crippen molar-refractivity contribution in [2.45, 2.75) is 23.9 Å². The zero-order chi connectivity index (χ0) is 16.9. The molecule has 0 aliphatic carbocycles. The first kappa shape index (κ1) is 17.7. The first-order chi connectivity index (χ1) is 10.8. The molecule has 0 radical (unpaired) electrons. The van der Waals surface area contributed by atoms with E-state index in [4.69, 9.17) is 0 Å². The van der Waals surface area contributed by atoms with Gasteiger partial charge in [0.1, 0.15) is 0 Å². The first-order valence-electron chi connectivity index (χ1n) is 6.70. The van der Waals surface area contributed by atoms with Gasteiger partial charge in [-0.3, -0.25) is 4.79 Å². The van der Waals surface area contributed by atoms with E-state index in [-0.39, 0.29) is 5.75 Å². The maximum Gasteiger partial charge on any atom is 0.390 e. The number of hydrogen-bond acceptors (Lipinski definition) is 5. The fourth-order valence-electron chi connectivity index (χ4n) is 1.61. The van der Waals surface area contributed by atoms with Gasteiger partial charge in [-0.05, 0) is 18.5 Å². The SMILES string of the molecule is Cc1ccc(-c2nsc(SCC(=O)NCCC(F)(F)F)n2)cc1. The molecule has 0 spiro atoms. The lowest BCUT2D eigenvalue weighted by Gasteiger charge is -2.06. The Balaban J connectivity index is 1.80. The summed E-state index contributed by atoms with van der Waals surface area (Å²) in [5.41, 5.74) is 2.02. The van der Waals surface area contributed by atoms with Crippen LogP contribution in [0, 0.1) is 6.92 Å². The van der Waals surface area contributed by atoms with E-state index in [1.54, 1.807) is 0 Å². The Hall–Kier alpha value is -1.61. The molecule has 124 valence electrons. The van der Waals surface area contributed by atoms with Crippen molar-refractivity contribution in [3.05, 3.63) is 29.8 Å². The number of nitrogens with one attached hydrogen (secondary N) is 1. The Morgan fingerprint density at radius 3 is 2.65 bits per heavy atom. The second kappa shape index (κ2) is 7.78. The van der Waals surface area contributed by atoms with Crippen molar-refractivity contribution in [2.75, 3.05) is 12.3 Å². The van der Waals surface area contributed by atoms with Crippen molar-refractivity contribution in [2.24, 2.45) is 0 Å². The average Bonchev–Trinajstić information content (AvgIpc) is 2.93. The number of nitrogens with zero attached hydrogens (tertiary/aromatic N) is 2. The molecular formula is C14H14F3N3OS2. The molecule has 0 unspecified atom stereocenters. The zero-order valence-electron chi connectivity index (χ0n) is 12.2. The summed E-state index contributed by atoms with van der Waals surface area (Å²) in [7, 11) is 0. The number of thioether (sulfide) groups is 1. The highest BCUT2D eigenvalue weighted by atomic mass is 32.2. The number of amides is 1. The molecular weight excluding hydrogens is 347 g/mol. The van der Waals surface area contributed by atoms with Gasteiger partial charge in [-0.2, -0.15) is 17.5 Å². The van der Waals surface area contributed by atoms with Crippen molar-refractivity contribution in [1.29, 1.82) is 0 Å². The van der Waals surface area contributed by atoms with E-state index in [9.17, 15) is 18.0 Å². The van der Waals surface area contributed by atoms with Crippen LogP contribution in [-0.2, 0) is 4.79 Å². The maximum absolute atomic E-state index is 12.0. The molecule has 4 nitrogen and oxygen atoms in total. The third-order valence-corrected chi connectivity index (χ3v) is 4.61. The average molecular weight is 361 g/mol. The standard InChI is InChI=1S/C14H14F3N3OS2/c1-9-2-4-10(5-3-9)12-19-13(23-20-12)22-8-11(21)18-7-6-14(15,16)17/h2-5H,6-8H2,1H3,(H,18,21). The topological polar surface area (TPSA) is 54.9 Å². The Morgan fingerprint density at radius 1 is 1.30 bits per heavy atom. The number of hydrogen-bond donors (Lipinski definition) is 1. The Kier molecular flexibility index (Phi) is 6.00. The molecule has 0 saturated heterocycles. The van der Waals surface area contributed by atoms with Gasteiger partial charge in [-0.25, -0.2) is 4.98 Å². The number of benzene rings is 1. The number of aromatic nitrogens is 2. The zero-order valence-corrected chi connectivity index (χ0v) is 13.8. The quantitative estimate of drug-likeness (QED) is 0.798. The summed E-state index contributed by atoms with van der Waals surface area (Å²) in [6.07, 6.45) is -5.29. The lowest BCUT2D eigenvalue weighted by Crippen LogP contribution is -2.29. The number of alkyl halides is 3. The van der Waals surface area contributed by atoms with Gasteiger partial charge in [0.25, 0.3) is 0 Å². The lowest BCUT2D eigenvalue weighted by atomic mass is 10.1. The van der Waals surface area contributed by atoms with E-state index >= 15 is 0 Å². The number of aryl methyl sites for hydroxylation is 1. The minimum Gasteiger partial charge on any atom is -0.355 e. The molecule has 0 saturated carbocycles. The van der Waals surface area contributed by atoms with Crippen molar-refractivity contribution in [1.82, 2.24) is 14.7 Å². The van der Waals surface area contributed by atoms with Crippen LogP contribution in [0.3, 0.4) is 0 Å². The molecule has 2 aromatic rings. The van der Waals surface area contributed by atoms with E-state index in [2.05, 4.69) is 14.7 Å². The van der Waals surface area contributed by atoms with Crippen molar-refractivity contribution < 1.29 is 18.0 Å². The van der Waals surface area contributed by atoms with Gasteiger partial charge in [0.15, 0.2) is 10.2 Å². The first-order valence-corrected chi connectivity index (χ1v) is 8.46. The second-order valence-electron chi connectivity index (χ2n) is 4.75. The molecule has 0 fully saturated rings. The minimum atomic E-state index is -4.26. The van der Waals surface area contributed by atoms with Crippen LogP contribution >= 0.6 is 23.3 Å². The monoisotopic (exact) mass is 361 g/mol. The van der Waals surface area contributed by atoms with Gasteiger partial charge in [0.05, 0.1) is 12.2 Å². The van der Waals surface area contributed by atoms with Crippen LogP contribution < -0.4 is 5.32 Å². The van der Waals surface area contributed by atoms with Gasteiger partial charge < -0.3 is 5.32 Å². The molecule has 1 aromatic heterocycles. The Labute approximate surface area is 139 Å². The summed E-state index contributed by atoms with van der Waals surface area (Å²) in [4.78, 5) is 15.8. The van der Waals surface area contributed by atoms with E-state index in [0.29, 0.717) is 10.2 Å². The van der Waals surface area contributed by atoms with E-state index in [1.165, 1.54) is 0 Å². The highest BCUT2D eigenvalue weighted by molar-refractivity contribution is 8.01. The molecule has 0 aliphatic rings. The molecule has 2 rings (SSSR count). The molecule has 0 bridgehead atoms. The van der Waals surface area contributed by atoms with Gasteiger partial charge in [-0.15, -0.1) is 0 Å². The largest absolute Gasteiger partial charge is 0.390 e. The van der Waals surface area contributed by atoms with Gasteiger partial charge in [-0.1, -0.05) is 41.6 Å². The Morgan fingerprint density at radius 2 is 2.00 bits per heavy atom. The molecule has 9 heteroatoms. The maximum atomic E-state index is 12.0. The minimum absolute atomic E-state index is 0.0143. The van der Waals surface area contributed by atoms with E-state index < -0.39 is 25.0 Å². The molecule has 1 amide bonds. The van der Waals surface area contributed by atoms with Gasteiger partial charge in [0, 0.05) is 12.1 Å². The van der Waals surface area contributed by atoms with Crippen LogP contribution in [0.25, 0.3) is 11.4 Å². The highest BCUT2D eigenvalue weighted by Gasteiger charge is 2.26. The third-order valence-electron chi connectivity index (χ3n) is 2.77. The van der Waals surface area contributed by atoms with Crippen molar-refractivity contribution >= 4 is 29.2 Å². The number of rotatable bonds is 6. The fourth-order valence-corrected chi connectivity index (χ4v) is 3.06. The van der Waals surface area contributed by atoms with Gasteiger partial charge >= 0.3 is 6.18 Å². The van der Waals surface area contributed by atoms with Crippen LogP contribution in [0.2, 0.25) is 0 Å². The molecule has 23 heavy (non-hydrogen) atoms. The molecule has 1 N–H and O–H groups in total. The highest BCUT2D eigenvalue weighted by Crippen LogP contribution is 2.25. The number of halogens is 3. The summed E-state index contributed by atoms with van der Waals surface area (Å²) in [5, 5.41) is 2.23. The summed E-state index contributed by atoms with van der Waals surface area (Å²) in [6.45, 7) is 1.57. The molecule has 1 aromatic carbocycles. The predicted octanol–water partition coefficient (Wildman–Crippen LogP) is 3.67. The summed E-state index contributed by atoms with van der Waals surface area (Å²) >= 11 is 2.32. The summed E-state index contributed by atoms with van der Waals surface area (Å²) in [5.74, 6) is 0.140. The molecule has 0 atom stereocenters. The summed E-state index contributed by atoms with van der Waals surface area (Å²) in [6, 6.07) is 7.74. The predicted molar refractivity (Wildman–Crippen MR) is 84.5 cm³/mol. The third kappa shape index (κ3) is 6.19. The number of carbonyl (C=O) groups is 1. The van der Waals surface area contributed by atoms with Crippen LogP contribution in [0.15, 0.2) is 28.6 Å².